The number of anilines is 1. The molecule has 0 saturated carbocycles. The number of halogens is 1. The van der Waals surface area contributed by atoms with Crippen molar-refractivity contribution < 1.29 is 8.91 Å². The van der Waals surface area contributed by atoms with E-state index in [1.165, 1.54) is 12.1 Å². The highest BCUT2D eigenvalue weighted by atomic mass is 19.1. The summed E-state index contributed by atoms with van der Waals surface area (Å²) in [5, 5.41) is 8.48. The molecular formula is C16H16FN5O. The summed E-state index contributed by atoms with van der Waals surface area (Å²) < 4.78 is 20.3. The smallest absolute Gasteiger partial charge is 0.320 e. The first-order valence-corrected chi connectivity index (χ1v) is 7.47. The molecule has 0 atom stereocenters. The molecule has 118 valence electrons. The molecule has 7 heteroatoms. The fourth-order valence-corrected chi connectivity index (χ4v) is 2.84. The van der Waals surface area contributed by atoms with Crippen LogP contribution < -0.4 is 4.90 Å². The lowest BCUT2D eigenvalue weighted by atomic mass is 10.1. The average Bonchev–Trinajstić information content (AvgIpc) is 3.06. The van der Waals surface area contributed by atoms with Crippen molar-refractivity contribution in [2.75, 3.05) is 18.0 Å². The van der Waals surface area contributed by atoms with Gasteiger partial charge in [0.05, 0.1) is 11.7 Å². The molecular weight excluding hydrogens is 297 g/mol. The maximum Gasteiger partial charge on any atom is 0.324 e. The molecule has 1 aliphatic rings. The third-order valence-electron chi connectivity index (χ3n) is 4.04. The zero-order valence-electron chi connectivity index (χ0n) is 12.9. The Labute approximate surface area is 132 Å². The Hall–Kier alpha value is -2.70. The predicted molar refractivity (Wildman–Crippen MR) is 82.6 cm³/mol. The number of aromatic nitrogens is 4. The first-order valence-electron chi connectivity index (χ1n) is 7.47. The van der Waals surface area contributed by atoms with Crippen LogP contribution in [-0.4, -0.2) is 33.0 Å². The van der Waals surface area contributed by atoms with Gasteiger partial charge in [-0.05, 0) is 44.2 Å². The maximum atomic E-state index is 13.0. The first-order chi connectivity index (χ1) is 11.1. The first kappa shape index (κ1) is 13.9. The molecule has 1 aromatic carbocycles. The van der Waals surface area contributed by atoms with Crippen LogP contribution in [0.25, 0.3) is 11.4 Å². The summed E-state index contributed by atoms with van der Waals surface area (Å²) in [6.45, 7) is 5.62. The lowest BCUT2D eigenvalue weighted by Crippen LogP contribution is -2.48. The minimum atomic E-state index is -0.284. The molecule has 0 bridgehead atoms. The Kier molecular flexibility index (Phi) is 3.14. The topological polar surface area (TPSA) is 60.0 Å². The molecule has 23 heavy (non-hydrogen) atoms. The summed E-state index contributed by atoms with van der Waals surface area (Å²) in [7, 11) is 0. The Bertz CT molecular complexity index is 833. The third kappa shape index (κ3) is 2.48. The van der Waals surface area contributed by atoms with Crippen molar-refractivity contribution in [3.05, 3.63) is 47.5 Å². The summed E-state index contributed by atoms with van der Waals surface area (Å²) in [4.78, 5) is 6.40. The lowest BCUT2D eigenvalue weighted by Gasteiger charge is -2.38. The summed E-state index contributed by atoms with van der Waals surface area (Å²) in [6.07, 6.45) is 0. The van der Waals surface area contributed by atoms with Crippen LogP contribution in [0, 0.1) is 19.7 Å². The van der Waals surface area contributed by atoms with Crippen molar-refractivity contribution in [2.45, 2.75) is 19.9 Å². The average molecular weight is 313 g/mol. The Balaban J connectivity index is 1.47. The predicted octanol–water partition coefficient (Wildman–Crippen LogP) is 2.75. The van der Waals surface area contributed by atoms with E-state index in [0.29, 0.717) is 17.9 Å². The molecule has 3 heterocycles. The summed E-state index contributed by atoms with van der Waals surface area (Å²) in [5.74, 6) is 0.183. The molecule has 0 spiro atoms. The van der Waals surface area contributed by atoms with Crippen LogP contribution in [0.5, 0.6) is 0 Å². The van der Waals surface area contributed by atoms with Crippen LogP contribution in [0.1, 0.15) is 17.4 Å². The quantitative estimate of drug-likeness (QED) is 0.744. The van der Waals surface area contributed by atoms with Gasteiger partial charge < -0.3 is 9.42 Å². The van der Waals surface area contributed by atoms with Gasteiger partial charge in [-0.25, -0.2) is 4.39 Å². The van der Waals surface area contributed by atoms with Crippen LogP contribution in [0.4, 0.5) is 10.4 Å². The van der Waals surface area contributed by atoms with E-state index in [1.807, 2.05) is 16.5 Å². The van der Waals surface area contributed by atoms with E-state index in [1.54, 1.807) is 12.1 Å². The fourth-order valence-electron chi connectivity index (χ4n) is 2.84. The van der Waals surface area contributed by atoms with Crippen molar-refractivity contribution in [1.82, 2.24) is 19.9 Å². The minimum absolute atomic E-state index is 0.284. The van der Waals surface area contributed by atoms with Crippen molar-refractivity contribution in [2.24, 2.45) is 0 Å². The number of rotatable bonds is 3. The zero-order chi connectivity index (χ0) is 16.0. The molecule has 3 aromatic rings. The molecule has 0 radical (unpaired) electrons. The number of hydrogen-bond donors (Lipinski definition) is 0. The second-order valence-electron chi connectivity index (χ2n) is 5.84. The Morgan fingerprint density at radius 1 is 1.17 bits per heavy atom. The Morgan fingerprint density at radius 3 is 2.57 bits per heavy atom. The third-order valence-corrected chi connectivity index (χ3v) is 4.04. The van der Waals surface area contributed by atoms with E-state index < -0.39 is 0 Å². The van der Waals surface area contributed by atoms with Gasteiger partial charge in [0.15, 0.2) is 0 Å². The summed E-state index contributed by atoms with van der Waals surface area (Å²) in [6, 6.07) is 8.92. The van der Waals surface area contributed by atoms with Crippen LogP contribution in [0.2, 0.25) is 0 Å². The molecule has 4 rings (SSSR count). The van der Waals surface area contributed by atoms with E-state index in [2.05, 4.69) is 28.2 Å². The molecule has 0 N–H and O–H groups in total. The number of hydrogen-bond acceptors (Lipinski definition) is 5. The second-order valence-corrected chi connectivity index (χ2v) is 5.84. The van der Waals surface area contributed by atoms with E-state index in [-0.39, 0.29) is 5.82 Å². The van der Waals surface area contributed by atoms with Gasteiger partial charge in [0.1, 0.15) is 5.82 Å². The monoisotopic (exact) mass is 313 g/mol. The molecule has 1 fully saturated rings. The normalized spacial score (nSPS) is 15.0. The fraction of sp³-hybridized carbons (Fsp3) is 0.312. The molecule has 0 aliphatic carbocycles. The van der Waals surface area contributed by atoms with Gasteiger partial charge in [0.25, 0.3) is 0 Å². The molecule has 0 amide bonds. The molecule has 2 aromatic heterocycles. The minimum Gasteiger partial charge on any atom is -0.320 e. The van der Waals surface area contributed by atoms with Gasteiger partial charge >= 0.3 is 6.01 Å². The van der Waals surface area contributed by atoms with Gasteiger partial charge in [-0.2, -0.15) is 10.1 Å². The highest BCUT2D eigenvalue weighted by Gasteiger charge is 2.33. The van der Waals surface area contributed by atoms with Gasteiger partial charge in [0.2, 0.25) is 5.82 Å². The van der Waals surface area contributed by atoms with E-state index >= 15 is 0 Å². The van der Waals surface area contributed by atoms with Crippen LogP contribution in [0.3, 0.4) is 0 Å². The highest BCUT2D eigenvalue weighted by molar-refractivity contribution is 5.55. The van der Waals surface area contributed by atoms with Gasteiger partial charge in [-0.3, -0.25) is 4.68 Å². The largest absolute Gasteiger partial charge is 0.324 e. The van der Waals surface area contributed by atoms with Gasteiger partial charge in [-0.15, -0.1) is 0 Å². The lowest BCUT2D eigenvalue weighted by molar-refractivity contribution is 0.321. The highest BCUT2D eigenvalue weighted by Crippen LogP contribution is 2.29. The summed E-state index contributed by atoms with van der Waals surface area (Å²) in [5.41, 5.74) is 2.92. The SMILES string of the molecule is Cc1cc(C)n(C2CN(c3nc(-c4ccc(F)cc4)no3)C2)n1. The Morgan fingerprint density at radius 2 is 1.91 bits per heavy atom. The second kappa shape index (κ2) is 5.19. The number of nitrogens with zero attached hydrogens (tertiary/aromatic N) is 5. The van der Waals surface area contributed by atoms with Crippen molar-refractivity contribution in [3.8, 4) is 11.4 Å². The molecule has 1 saturated heterocycles. The van der Waals surface area contributed by atoms with Gasteiger partial charge in [-0.1, -0.05) is 5.16 Å². The standard InChI is InChI=1S/C16H16FN5O/c1-10-7-11(2)22(19-10)14-8-21(9-14)16-18-15(20-23-16)12-3-5-13(17)6-4-12/h3-7,14H,8-9H2,1-2H3. The number of benzene rings is 1. The molecule has 1 aliphatic heterocycles. The maximum absolute atomic E-state index is 13.0. The van der Waals surface area contributed by atoms with Crippen molar-refractivity contribution in [3.63, 3.8) is 0 Å². The number of aryl methyl sites for hydroxylation is 2. The molecule has 0 unspecified atom stereocenters. The van der Waals surface area contributed by atoms with Crippen molar-refractivity contribution in [1.29, 1.82) is 0 Å². The van der Waals surface area contributed by atoms with Crippen LogP contribution in [0.15, 0.2) is 34.9 Å². The zero-order valence-corrected chi connectivity index (χ0v) is 12.9. The van der Waals surface area contributed by atoms with Crippen molar-refractivity contribution >= 4 is 6.01 Å². The van der Waals surface area contributed by atoms with E-state index in [9.17, 15) is 4.39 Å². The van der Waals surface area contributed by atoms with Crippen LogP contribution >= 0.6 is 0 Å². The van der Waals surface area contributed by atoms with E-state index in [4.69, 9.17) is 4.52 Å². The van der Waals surface area contributed by atoms with Crippen LogP contribution in [-0.2, 0) is 0 Å². The molecule has 6 nitrogen and oxygen atoms in total. The summed E-state index contributed by atoms with van der Waals surface area (Å²) >= 11 is 0. The van der Waals surface area contributed by atoms with Gasteiger partial charge in [0, 0.05) is 24.3 Å². The van der Waals surface area contributed by atoms with E-state index in [0.717, 1.165) is 30.0 Å².